The van der Waals surface area contributed by atoms with Crippen LogP contribution in [0.25, 0.3) is 0 Å². The number of hydrogen-bond acceptors (Lipinski definition) is 4. The molecule has 1 atom stereocenters. The molecule has 0 saturated carbocycles. The molecule has 0 amide bonds. The minimum atomic E-state index is -0.575. The maximum Gasteiger partial charge on any atom is 0.352 e. The number of cyclic esters (lactones) is 1. The van der Waals surface area contributed by atoms with E-state index in [0.717, 1.165) is 0 Å². The zero-order valence-corrected chi connectivity index (χ0v) is 6.71. The number of hydrogen-bond donors (Lipinski definition) is 0. The molecule has 4 nitrogen and oxygen atoms in total. The number of allylic oxidation sites excluding steroid dienone is 1. The Kier molecular flexibility index (Phi) is 2.07. The molecule has 0 radical (unpaired) electrons. The maximum absolute atomic E-state index is 10.8. The van der Waals surface area contributed by atoms with Gasteiger partial charge in [-0.3, -0.25) is 0 Å². The fourth-order valence-electron chi connectivity index (χ4n) is 0.759. The van der Waals surface area contributed by atoms with E-state index in [0.29, 0.717) is 5.76 Å². The van der Waals surface area contributed by atoms with Gasteiger partial charge in [0.25, 0.3) is 0 Å². The predicted octanol–water partition coefficient (Wildman–Crippen LogP) is -0.298. The van der Waals surface area contributed by atoms with Gasteiger partial charge in [0.2, 0.25) is 0 Å². The van der Waals surface area contributed by atoms with Crippen molar-refractivity contribution in [2.45, 2.75) is 20.0 Å². The molecule has 0 spiro atoms. The summed E-state index contributed by atoms with van der Waals surface area (Å²) in [6.45, 7) is 3.22. The number of carbonyl (C=O) groups excluding carboxylic acids is 1. The summed E-state index contributed by atoms with van der Waals surface area (Å²) >= 11 is 0. The van der Waals surface area contributed by atoms with Crippen molar-refractivity contribution in [3.8, 4) is 0 Å². The van der Waals surface area contributed by atoms with E-state index in [-0.39, 0.29) is 11.9 Å². The second kappa shape index (κ2) is 2.86. The highest BCUT2D eigenvalue weighted by Gasteiger charge is 2.26. The summed E-state index contributed by atoms with van der Waals surface area (Å²) in [5, 5.41) is 0. The molecule has 0 aromatic rings. The first kappa shape index (κ1) is 7.98. The fourth-order valence-corrected chi connectivity index (χ4v) is 0.759. The average molecular weight is 156 g/mol. The van der Waals surface area contributed by atoms with Crippen LogP contribution in [0.1, 0.15) is 13.8 Å². The van der Waals surface area contributed by atoms with E-state index in [2.05, 4.69) is 0 Å². The van der Waals surface area contributed by atoms with E-state index in [1.807, 2.05) is 0 Å². The third kappa shape index (κ3) is 1.47. The van der Waals surface area contributed by atoms with Crippen LogP contribution >= 0.6 is 0 Å². The van der Waals surface area contributed by atoms with Crippen LogP contribution in [0, 0.1) is 0 Å². The molecule has 0 N–H and O–H groups in total. The molecule has 0 aromatic heterocycles. The third-order valence-electron chi connectivity index (χ3n) is 1.34. The molecule has 1 aliphatic heterocycles. The van der Waals surface area contributed by atoms with Crippen molar-refractivity contribution in [3.63, 3.8) is 0 Å². The second-order valence-corrected chi connectivity index (χ2v) is 2.23. The van der Waals surface area contributed by atoms with Gasteiger partial charge in [-0.25, -0.2) is 4.79 Å². The topological polar surface area (TPSA) is 44.8 Å². The van der Waals surface area contributed by atoms with Crippen molar-refractivity contribution < 1.29 is 18.9 Å². The van der Waals surface area contributed by atoms with E-state index in [1.165, 1.54) is 8.05 Å². The Bertz CT molecular complexity index is 211. The van der Waals surface area contributed by atoms with Gasteiger partial charge in [-0.1, -0.05) is 0 Å². The first-order valence-corrected chi connectivity index (χ1v) is 3.28. The minimum absolute atomic E-state index is 0.275. The number of ether oxygens (including phenoxy) is 2. The van der Waals surface area contributed by atoms with E-state index in [4.69, 9.17) is 14.1 Å². The van der Waals surface area contributed by atoms with Gasteiger partial charge >= 0.3 is 20.0 Å². The largest absolute Gasteiger partial charge is 0.541 e. The summed E-state index contributed by atoms with van der Waals surface area (Å²) in [4.78, 5) is 10.8. The average Bonchev–Trinajstić information content (AvgIpc) is 1.97. The quantitative estimate of drug-likeness (QED) is 0.386. The smallest absolute Gasteiger partial charge is 0.352 e. The molecule has 1 rings (SSSR count). The highest BCUT2D eigenvalue weighted by atomic mass is 16.7. The first-order chi connectivity index (χ1) is 5.15. The van der Waals surface area contributed by atoms with Gasteiger partial charge in [-0.2, -0.15) is 0 Å². The van der Waals surface area contributed by atoms with E-state index in [1.54, 1.807) is 13.8 Å². The Morgan fingerprint density at radius 3 is 2.82 bits per heavy atom. The van der Waals surface area contributed by atoms with Crippen molar-refractivity contribution in [2.75, 3.05) is 0 Å². The summed E-state index contributed by atoms with van der Waals surface area (Å²) in [5.41, 5.74) is 0. The first-order valence-electron chi connectivity index (χ1n) is 3.28. The van der Waals surface area contributed by atoms with Gasteiger partial charge in [0, 0.05) is 6.92 Å². The molecular formula is C6H9BO4. The normalized spacial score (nSPS) is 24.2. The van der Waals surface area contributed by atoms with Crippen molar-refractivity contribution in [1.29, 1.82) is 0 Å². The molecule has 0 fully saturated rings. The molecule has 0 bridgehead atoms. The Labute approximate surface area is 65.6 Å². The molecule has 0 unspecified atom stereocenters. The molecule has 5 heteroatoms. The Morgan fingerprint density at radius 1 is 1.64 bits per heavy atom. The van der Waals surface area contributed by atoms with Crippen LogP contribution in [0.2, 0.25) is 0 Å². The van der Waals surface area contributed by atoms with Gasteiger partial charge in [0.1, 0.15) is 0 Å². The van der Waals surface area contributed by atoms with Crippen LogP contribution in [0.15, 0.2) is 11.7 Å². The lowest BCUT2D eigenvalue weighted by molar-refractivity contribution is -0.158. The number of esters is 1. The van der Waals surface area contributed by atoms with E-state index < -0.39 is 6.10 Å². The molecular weight excluding hydrogens is 147 g/mol. The van der Waals surface area contributed by atoms with E-state index in [9.17, 15) is 4.79 Å². The zero-order valence-electron chi connectivity index (χ0n) is 6.71. The molecule has 0 saturated heterocycles. The van der Waals surface area contributed by atoms with Crippen molar-refractivity contribution in [1.82, 2.24) is 0 Å². The van der Waals surface area contributed by atoms with Gasteiger partial charge < -0.3 is 14.1 Å². The second-order valence-electron chi connectivity index (χ2n) is 2.23. The van der Waals surface area contributed by atoms with Crippen LogP contribution < -0.4 is 0 Å². The van der Waals surface area contributed by atoms with Gasteiger partial charge in [0.15, 0.2) is 11.9 Å². The summed E-state index contributed by atoms with van der Waals surface area (Å²) in [6, 6.07) is 0. The Morgan fingerprint density at radius 2 is 2.27 bits per heavy atom. The van der Waals surface area contributed by atoms with Gasteiger partial charge in [-0.15, -0.1) is 0 Å². The monoisotopic (exact) mass is 156 g/mol. The zero-order chi connectivity index (χ0) is 8.43. The van der Waals surface area contributed by atoms with Crippen LogP contribution in [0.4, 0.5) is 0 Å². The fraction of sp³-hybridized carbons (Fsp3) is 0.500. The van der Waals surface area contributed by atoms with Crippen LogP contribution in [-0.4, -0.2) is 20.1 Å². The van der Waals surface area contributed by atoms with Gasteiger partial charge in [0.05, 0.1) is 0 Å². The summed E-state index contributed by atoms with van der Waals surface area (Å²) in [7, 11) is 1.46. The van der Waals surface area contributed by atoms with Crippen LogP contribution in [-0.2, 0) is 18.9 Å². The Hall–Kier alpha value is -1.13. The maximum atomic E-state index is 10.8. The van der Waals surface area contributed by atoms with Crippen molar-refractivity contribution in [3.05, 3.63) is 11.7 Å². The van der Waals surface area contributed by atoms with Crippen molar-refractivity contribution >= 4 is 14.0 Å². The predicted molar refractivity (Wildman–Crippen MR) is 39.0 cm³/mol. The molecule has 60 valence electrons. The molecule has 1 aliphatic rings. The third-order valence-corrected chi connectivity index (χ3v) is 1.34. The van der Waals surface area contributed by atoms with Crippen LogP contribution in [0.5, 0.6) is 0 Å². The number of carbonyl (C=O) groups is 1. The summed E-state index contributed by atoms with van der Waals surface area (Å²) < 4.78 is 14.6. The molecule has 0 aromatic carbocycles. The molecule has 1 heterocycles. The standard InChI is InChI=1S/C6H9BO4/c1-3-5(8)9-4(2)6(10-3)11-7/h3H,7H2,1-2H3/t3-/m0/s1. The SMILES string of the molecule is BOC1=C(C)OC(=O)[C@H](C)O1. The highest BCUT2D eigenvalue weighted by Crippen LogP contribution is 2.17. The summed E-state index contributed by atoms with van der Waals surface area (Å²) in [6.07, 6.45) is -0.575. The van der Waals surface area contributed by atoms with Gasteiger partial charge in [-0.05, 0) is 6.92 Å². The van der Waals surface area contributed by atoms with Crippen molar-refractivity contribution in [2.24, 2.45) is 0 Å². The molecule has 0 aliphatic carbocycles. The lowest BCUT2D eigenvalue weighted by atomic mass is 10.4. The lowest BCUT2D eigenvalue weighted by Gasteiger charge is -2.22. The van der Waals surface area contributed by atoms with Crippen LogP contribution in [0.3, 0.4) is 0 Å². The molecule has 11 heavy (non-hydrogen) atoms. The number of rotatable bonds is 1. The highest BCUT2D eigenvalue weighted by molar-refractivity contribution is 5.98. The van der Waals surface area contributed by atoms with E-state index >= 15 is 0 Å². The minimum Gasteiger partial charge on any atom is -0.541 e. The lowest BCUT2D eigenvalue weighted by Crippen LogP contribution is -2.28. The summed E-state index contributed by atoms with van der Waals surface area (Å²) in [5.74, 6) is 0.260. The Balaban J connectivity index is 2.79.